The van der Waals surface area contributed by atoms with Gasteiger partial charge in [0.25, 0.3) is 17.7 Å². The number of hydrogen-bond acceptors (Lipinski definition) is 8. The third-order valence-electron chi connectivity index (χ3n) is 5.68. The van der Waals surface area contributed by atoms with Crippen LogP contribution in [0.2, 0.25) is 0 Å². The minimum Gasteiger partial charge on any atom is -0.463 e. The molecule has 3 aliphatic rings. The Hall–Kier alpha value is -3.27. The molecule has 1 aromatic rings. The van der Waals surface area contributed by atoms with Crippen LogP contribution in [0.5, 0.6) is 0 Å². The Labute approximate surface area is 172 Å². The Bertz CT molecular complexity index is 939. The minimum absolute atomic E-state index is 0.00256. The third kappa shape index (κ3) is 3.32. The number of rotatable bonds is 5. The lowest BCUT2D eigenvalue weighted by atomic mass is 10.0. The van der Waals surface area contributed by atoms with E-state index in [4.69, 9.17) is 10.5 Å². The number of likely N-dealkylation sites (tertiary alicyclic amines) is 1. The summed E-state index contributed by atoms with van der Waals surface area (Å²) in [5.41, 5.74) is 6.23. The van der Waals surface area contributed by atoms with Gasteiger partial charge in [-0.05, 0) is 37.9 Å². The number of amides is 4. The van der Waals surface area contributed by atoms with Gasteiger partial charge in [0.15, 0.2) is 0 Å². The van der Waals surface area contributed by atoms with Gasteiger partial charge in [0.1, 0.15) is 18.7 Å². The van der Waals surface area contributed by atoms with E-state index in [2.05, 4.69) is 5.32 Å². The lowest BCUT2D eigenvalue weighted by Crippen LogP contribution is -2.56. The summed E-state index contributed by atoms with van der Waals surface area (Å²) >= 11 is 0. The van der Waals surface area contributed by atoms with E-state index < -0.39 is 35.6 Å². The molecule has 10 heteroatoms. The van der Waals surface area contributed by atoms with Crippen LogP contribution in [0.3, 0.4) is 0 Å². The summed E-state index contributed by atoms with van der Waals surface area (Å²) in [6.45, 7) is 0.476. The van der Waals surface area contributed by atoms with Crippen molar-refractivity contribution < 1.29 is 28.7 Å². The minimum atomic E-state index is -1.10. The fourth-order valence-corrected chi connectivity index (χ4v) is 4.13. The molecule has 0 aromatic heterocycles. The molecule has 3 aliphatic heterocycles. The lowest BCUT2D eigenvalue weighted by molar-refractivity contribution is -0.156. The molecule has 0 bridgehead atoms. The van der Waals surface area contributed by atoms with E-state index in [-0.39, 0.29) is 48.8 Å². The number of nitrogens with zero attached hydrogens (tertiary/aromatic N) is 2. The quantitative estimate of drug-likeness (QED) is 0.380. The second kappa shape index (κ2) is 7.86. The van der Waals surface area contributed by atoms with Crippen molar-refractivity contribution in [3.63, 3.8) is 0 Å². The maximum atomic E-state index is 13.0. The molecule has 158 valence electrons. The summed E-state index contributed by atoms with van der Waals surface area (Å²) in [4.78, 5) is 64.6. The predicted molar refractivity (Wildman–Crippen MR) is 103 cm³/mol. The molecule has 2 fully saturated rings. The molecule has 10 nitrogen and oxygen atoms in total. The average molecular weight is 414 g/mol. The molecule has 0 saturated carbocycles. The summed E-state index contributed by atoms with van der Waals surface area (Å²) < 4.78 is 5.18. The molecule has 1 aromatic carbocycles. The molecule has 4 rings (SSSR count). The topological polar surface area (TPSA) is 139 Å². The number of nitrogens with two attached hydrogens (primary N) is 1. The van der Waals surface area contributed by atoms with Gasteiger partial charge in [0.05, 0.1) is 17.7 Å². The standard InChI is InChI=1S/C20H22N4O6/c21-12-4-1-3-11-16(12)19(28)24(17(11)26)14-6-7-15(25)23(18(14)27)9-10-30-20(29)13-5-2-8-22-13/h1,3-4,13-14,22H,2,5-10,21H2/t13-,14?/m0/s1. The molecule has 0 radical (unpaired) electrons. The third-order valence-corrected chi connectivity index (χ3v) is 5.68. The van der Waals surface area contributed by atoms with Crippen LogP contribution in [0.4, 0.5) is 5.69 Å². The van der Waals surface area contributed by atoms with Crippen molar-refractivity contribution in [2.24, 2.45) is 0 Å². The van der Waals surface area contributed by atoms with Crippen molar-refractivity contribution >= 4 is 35.3 Å². The van der Waals surface area contributed by atoms with Crippen LogP contribution in [-0.2, 0) is 19.1 Å². The molecule has 3 N–H and O–H groups in total. The number of benzene rings is 1. The number of fused-ring (bicyclic) bond motifs is 1. The smallest absolute Gasteiger partial charge is 0.323 e. The SMILES string of the molecule is Nc1cccc2c1C(=O)N(C1CCC(=O)N(CCOC(=O)[C@@H]3CCCN3)C1=O)C2=O. The van der Waals surface area contributed by atoms with Gasteiger partial charge in [-0.25, -0.2) is 0 Å². The van der Waals surface area contributed by atoms with Gasteiger partial charge in [-0.2, -0.15) is 0 Å². The van der Waals surface area contributed by atoms with Gasteiger partial charge in [0.2, 0.25) is 5.91 Å². The Morgan fingerprint density at radius 1 is 1.17 bits per heavy atom. The van der Waals surface area contributed by atoms with Crippen LogP contribution >= 0.6 is 0 Å². The number of hydrogen-bond donors (Lipinski definition) is 2. The highest BCUT2D eigenvalue weighted by Gasteiger charge is 2.47. The monoisotopic (exact) mass is 414 g/mol. The summed E-state index contributed by atoms with van der Waals surface area (Å²) in [7, 11) is 0. The van der Waals surface area contributed by atoms with E-state index in [0.29, 0.717) is 6.42 Å². The number of anilines is 1. The number of carbonyl (C=O) groups excluding carboxylic acids is 5. The molecule has 2 saturated heterocycles. The number of imide groups is 2. The van der Waals surface area contributed by atoms with Gasteiger partial charge in [-0.15, -0.1) is 0 Å². The van der Waals surface area contributed by atoms with E-state index in [9.17, 15) is 24.0 Å². The predicted octanol–water partition coefficient (Wildman–Crippen LogP) is -0.322. The number of piperidine rings is 1. The maximum absolute atomic E-state index is 13.0. The lowest BCUT2D eigenvalue weighted by Gasteiger charge is -2.34. The van der Waals surface area contributed by atoms with Gasteiger partial charge in [0, 0.05) is 12.1 Å². The molecule has 4 amide bonds. The Morgan fingerprint density at radius 2 is 1.97 bits per heavy atom. The van der Waals surface area contributed by atoms with Crippen LogP contribution in [0.1, 0.15) is 46.4 Å². The van der Waals surface area contributed by atoms with E-state index in [1.54, 1.807) is 6.07 Å². The summed E-state index contributed by atoms with van der Waals surface area (Å²) in [5.74, 6) is -2.75. The Kier molecular flexibility index (Phi) is 5.25. The summed E-state index contributed by atoms with van der Waals surface area (Å²) in [6.07, 6.45) is 1.61. The fourth-order valence-electron chi connectivity index (χ4n) is 4.13. The van der Waals surface area contributed by atoms with Gasteiger partial charge >= 0.3 is 5.97 Å². The number of nitrogens with one attached hydrogen (secondary N) is 1. The largest absolute Gasteiger partial charge is 0.463 e. The first kappa shape index (κ1) is 20.0. The van der Waals surface area contributed by atoms with E-state index in [0.717, 1.165) is 22.8 Å². The van der Waals surface area contributed by atoms with Crippen LogP contribution in [0.25, 0.3) is 0 Å². The molecule has 30 heavy (non-hydrogen) atoms. The fraction of sp³-hybridized carbons (Fsp3) is 0.450. The van der Waals surface area contributed by atoms with Crippen molar-refractivity contribution in [1.82, 2.24) is 15.1 Å². The van der Waals surface area contributed by atoms with E-state index in [1.807, 2.05) is 0 Å². The summed E-state index contributed by atoms with van der Waals surface area (Å²) in [5, 5.41) is 3.02. The Morgan fingerprint density at radius 3 is 2.67 bits per heavy atom. The van der Waals surface area contributed by atoms with Crippen LogP contribution < -0.4 is 11.1 Å². The molecule has 0 aliphatic carbocycles. The van der Waals surface area contributed by atoms with Crippen molar-refractivity contribution in [3.05, 3.63) is 29.3 Å². The normalized spacial score (nSPS) is 23.9. The second-order valence-corrected chi connectivity index (χ2v) is 7.50. The molecule has 1 unspecified atom stereocenters. The van der Waals surface area contributed by atoms with Crippen LogP contribution in [0.15, 0.2) is 18.2 Å². The highest BCUT2D eigenvalue weighted by molar-refractivity contribution is 6.25. The highest BCUT2D eigenvalue weighted by atomic mass is 16.5. The average Bonchev–Trinajstić information content (AvgIpc) is 3.34. The molecular formula is C20H22N4O6. The highest BCUT2D eigenvalue weighted by Crippen LogP contribution is 2.32. The van der Waals surface area contributed by atoms with Crippen molar-refractivity contribution in [2.75, 3.05) is 25.4 Å². The van der Waals surface area contributed by atoms with Crippen LogP contribution in [-0.4, -0.2) is 71.2 Å². The zero-order valence-electron chi connectivity index (χ0n) is 16.3. The number of carbonyl (C=O) groups is 5. The number of esters is 1. The van der Waals surface area contributed by atoms with Gasteiger partial charge in [-0.1, -0.05) is 6.07 Å². The van der Waals surface area contributed by atoms with Gasteiger partial charge in [-0.3, -0.25) is 33.8 Å². The van der Waals surface area contributed by atoms with E-state index in [1.165, 1.54) is 12.1 Å². The zero-order valence-corrected chi connectivity index (χ0v) is 16.3. The second-order valence-electron chi connectivity index (χ2n) is 7.50. The zero-order chi connectivity index (χ0) is 21.4. The molecular weight excluding hydrogens is 392 g/mol. The number of nitrogen functional groups attached to an aromatic ring is 1. The Balaban J connectivity index is 1.44. The van der Waals surface area contributed by atoms with Crippen molar-refractivity contribution in [1.29, 1.82) is 0 Å². The first-order valence-corrected chi connectivity index (χ1v) is 9.90. The molecule has 2 atom stereocenters. The molecule has 3 heterocycles. The first-order valence-electron chi connectivity index (χ1n) is 9.90. The maximum Gasteiger partial charge on any atom is 0.323 e. The van der Waals surface area contributed by atoms with Crippen LogP contribution in [0, 0.1) is 0 Å². The summed E-state index contributed by atoms with van der Waals surface area (Å²) in [6, 6.07) is 3.10. The van der Waals surface area contributed by atoms with E-state index >= 15 is 0 Å². The molecule has 0 spiro atoms. The number of ether oxygens (including phenoxy) is 1. The van der Waals surface area contributed by atoms with Gasteiger partial charge < -0.3 is 15.8 Å². The van der Waals surface area contributed by atoms with Crippen molar-refractivity contribution in [3.8, 4) is 0 Å². The first-order chi connectivity index (χ1) is 14.4. The van der Waals surface area contributed by atoms with Crippen molar-refractivity contribution in [2.45, 2.75) is 37.8 Å².